The van der Waals surface area contributed by atoms with Gasteiger partial charge in [0.05, 0.1) is 22.7 Å². The third-order valence-corrected chi connectivity index (χ3v) is 4.11. The van der Waals surface area contributed by atoms with E-state index in [0.717, 1.165) is 27.8 Å². The number of benzene rings is 2. The van der Waals surface area contributed by atoms with Gasteiger partial charge in [-0.2, -0.15) is 0 Å². The number of nitrogens with one attached hydrogen (secondary N) is 1. The first kappa shape index (κ1) is 15.7. The van der Waals surface area contributed by atoms with E-state index in [4.69, 9.17) is 0 Å². The minimum Gasteiger partial charge on any atom is -0.367 e. The van der Waals surface area contributed by atoms with Gasteiger partial charge in [0.25, 0.3) is 17.5 Å². The summed E-state index contributed by atoms with van der Waals surface area (Å²) in [5, 5.41) is 13.9. The average molecular weight is 325 g/mol. The number of imide groups is 1. The first-order valence-corrected chi connectivity index (χ1v) is 7.34. The molecule has 0 fully saturated rings. The fourth-order valence-electron chi connectivity index (χ4n) is 2.56. The lowest BCUT2D eigenvalue weighted by Crippen LogP contribution is -2.34. The number of rotatable bonds is 4. The Morgan fingerprint density at radius 1 is 1.00 bits per heavy atom. The molecule has 0 aliphatic carbocycles. The maximum absolute atomic E-state index is 12.4. The summed E-state index contributed by atoms with van der Waals surface area (Å²) in [6.45, 7) is 3.97. The zero-order valence-corrected chi connectivity index (χ0v) is 13.2. The van der Waals surface area contributed by atoms with E-state index in [9.17, 15) is 19.7 Å². The first-order chi connectivity index (χ1) is 11.4. The number of carbonyl (C=O) groups is 2. The van der Waals surface area contributed by atoms with Crippen LogP contribution in [0.15, 0.2) is 36.4 Å². The Balaban J connectivity index is 1.80. The highest BCUT2D eigenvalue weighted by Crippen LogP contribution is 2.26. The molecule has 2 amide bonds. The van der Waals surface area contributed by atoms with Crippen LogP contribution in [0.25, 0.3) is 0 Å². The molecule has 0 saturated carbocycles. The number of hydrogen-bond acceptors (Lipinski definition) is 5. The second-order valence-electron chi connectivity index (χ2n) is 5.66. The minimum absolute atomic E-state index is 0.00262. The van der Waals surface area contributed by atoms with Crippen molar-refractivity contribution in [3.8, 4) is 0 Å². The Bertz CT molecular complexity index is 876. The third kappa shape index (κ3) is 2.60. The fourth-order valence-corrected chi connectivity index (χ4v) is 2.56. The van der Waals surface area contributed by atoms with Crippen LogP contribution in [0.1, 0.15) is 31.8 Å². The van der Waals surface area contributed by atoms with Crippen LogP contribution in [0.2, 0.25) is 0 Å². The van der Waals surface area contributed by atoms with Crippen molar-refractivity contribution >= 4 is 23.2 Å². The van der Waals surface area contributed by atoms with Crippen molar-refractivity contribution in [2.24, 2.45) is 0 Å². The molecule has 2 aromatic carbocycles. The summed E-state index contributed by atoms with van der Waals surface area (Å²) in [5.41, 5.74) is 3.08. The standard InChI is InChI=1S/C17H15N3O4/c1-10-3-4-12(7-11(10)2)18-9-19-16(21)14-6-5-13(20(23)24)8-15(14)17(19)22/h3-8,18H,9H2,1-2H3. The molecule has 1 aliphatic rings. The van der Waals surface area contributed by atoms with E-state index >= 15 is 0 Å². The van der Waals surface area contributed by atoms with Gasteiger partial charge in [-0.25, -0.2) is 0 Å². The summed E-state index contributed by atoms with van der Waals surface area (Å²) >= 11 is 0. The lowest BCUT2D eigenvalue weighted by molar-refractivity contribution is -0.384. The van der Waals surface area contributed by atoms with Gasteiger partial charge in [-0.3, -0.25) is 24.6 Å². The largest absolute Gasteiger partial charge is 0.367 e. The smallest absolute Gasteiger partial charge is 0.270 e. The van der Waals surface area contributed by atoms with Crippen molar-refractivity contribution < 1.29 is 14.5 Å². The van der Waals surface area contributed by atoms with Gasteiger partial charge in [-0.15, -0.1) is 0 Å². The van der Waals surface area contributed by atoms with Gasteiger partial charge < -0.3 is 5.32 Å². The van der Waals surface area contributed by atoms with Crippen LogP contribution in [-0.2, 0) is 0 Å². The molecule has 7 heteroatoms. The molecule has 7 nitrogen and oxygen atoms in total. The number of nitro groups is 1. The highest BCUT2D eigenvalue weighted by Gasteiger charge is 2.36. The molecular weight excluding hydrogens is 310 g/mol. The molecule has 0 unspecified atom stereocenters. The zero-order valence-electron chi connectivity index (χ0n) is 13.2. The number of amides is 2. The fraction of sp³-hybridized carbons (Fsp3) is 0.176. The molecular formula is C17H15N3O4. The summed E-state index contributed by atoms with van der Waals surface area (Å²) in [6.07, 6.45) is 0. The summed E-state index contributed by atoms with van der Waals surface area (Å²) in [6, 6.07) is 9.44. The summed E-state index contributed by atoms with van der Waals surface area (Å²) in [5.74, 6) is -0.990. The summed E-state index contributed by atoms with van der Waals surface area (Å²) in [4.78, 5) is 36.0. The van der Waals surface area contributed by atoms with Crippen LogP contribution >= 0.6 is 0 Å². The molecule has 0 saturated heterocycles. The van der Waals surface area contributed by atoms with Gasteiger partial charge in [0.1, 0.15) is 0 Å². The van der Waals surface area contributed by atoms with Gasteiger partial charge in [0.2, 0.25) is 0 Å². The summed E-state index contributed by atoms with van der Waals surface area (Å²) < 4.78 is 0. The predicted molar refractivity (Wildman–Crippen MR) is 88.0 cm³/mol. The molecule has 0 aromatic heterocycles. The number of fused-ring (bicyclic) bond motifs is 1. The van der Waals surface area contributed by atoms with Gasteiger partial charge in [0, 0.05) is 17.8 Å². The molecule has 1 N–H and O–H groups in total. The zero-order chi connectivity index (χ0) is 17.4. The van der Waals surface area contributed by atoms with E-state index in [1.54, 1.807) is 0 Å². The first-order valence-electron chi connectivity index (χ1n) is 7.34. The van der Waals surface area contributed by atoms with E-state index < -0.39 is 16.7 Å². The highest BCUT2D eigenvalue weighted by atomic mass is 16.6. The van der Waals surface area contributed by atoms with E-state index in [0.29, 0.717) is 0 Å². The van der Waals surface area contributed by atoms with Crippen LogP contribution in [0.3, 0.4) is 0 Å². The molecule has 122 valence electrons. The van der Waals surface area contributed by atoms with Crippen molar-refractivity contribution in [3.63, 3.8) is 0 Å². The number of carbonyl (C=O) groups excluding carboxylic acids is 2. The lowest BCUT2D eigenvalue weighted by Gasteiger charge is -2.16. The van der Waals surface area contributed by atoms with Gasteiger partial charge in [-0.05, 0) is 43.2 Å². The van der Waals surface area contributed by atoms with Gasteiger partial charge >= 0.3 is 0 Å². The molecule has 2 aromatic rings. The van der Waals surface area contributed by atoms with Crippen LogP contribution in [0.5, 0.6) is 0 Å². The molecule has 0 radical (unpaired) electrons. The van der Waals surface area contributed by atoms with Crippen molar-refractivity contribution in [2.75, 3.05) is 12.0 Å². The number of anilines is 1. The molecule has 0 atom stereocenters. The van der Waals surface area contributed by atoms with Gasteiger partial charge in [-0.1, -0.05) is 6.07 Å². The van der Waals surface area contributed by atoms with Crippen LogP contribution < -0.4 is 5.32 Å². The van der Waals surface area contributed by atoms with Crippen LogP contribution in [0.4, 0.5) is 11.4 Å². The number of nitrogens with zero attached hydrogens (tertiary/aromatic N) is 2. The normalized spacial score (nSPS) is 13.2. The molecule has 0 spiro atoms. The molecule has 1 aliphatic heterocycles. The Hall–Kier alpha value is -3.22. The predicted octanol–water partition coefficient (Wildman–Crippen LogP) is 2.88. The SMILES string of the molecule is Cc1ccc(NCN2C(=O)c3ccc([N+](=O)[O-])cc3C2=O)cc1C. The molecule has 1 heterocycles. The Kier molecular flexibility index (Phi) is 3.76. The number of aryl methyl sites for hydroxylation is 2. The van der Waals surface area contributed by atoms with Crippen molar-refractivity contribution in [1.82, 2.24) is 4.90 Å². The Morgan fingerprint density at radius 2 is 1.71 bits per heavy atom. The molecule has 3 rings (SSSR count). The van der Waals surface area contributed by atoms with Crippen molar-refractivity contribution in [1.29, 1.82) is 0 Å². The Labute approximate surface area is 138 Å². The maximum atomic E-state index is 12.4. The molecule has 0 bridgehead atoms. The van der Waals surface area contributed by atoms with Gasteiger partial charge in [0.15, 0.2) is 0 Å². The van der Waals surface area contributed by atoms with E-state index in [2.05, 4.69) is 5.32 Å². The second kappa shape index (κ2) is 5.77. The average Bonchev–Trinajstić information content (AvgIpc) is 2.79. The van der Waals surface area contributed by atoms with Crippen molar-refractivity contribution in [2.45, 2.75) is 13.8 Å². The number of hydrogen-bond donors (Lipinski definition) is 1. The maximum Gasteiger partial charge on any atom is 0.270 e. The van der Waals surface area contributed by atoms with Crippen molar-refractivity contribution in [3.05, 3.63) is 68.8 Å². The Morgan fingerprint density at radius 3 is 2.38 bits per heavy atom. The third-order valence-electron chi connectivity index (χ3n) is 4.11. The quantitative estimate of drug-likeness (QED) is 0.530. The van der Waals surface area contributed by atoms with E-state index in [-0.39, 0.29) is 23.5 Å². The topological polar surface area (TPSA) is 92.6 Å². The monoisotopic (exact) mass is 325 g/mol. The molecule has 24 heavy (non-hydrogen) atoms. The highest BCUT2D eigenvalue weighted by molar-refractivity contribution is 6.21. The lowest BCUT2D eigenvalue weighted by atomic mass is 10.1. The minimum atomic E-state index is -0.589. The van der Waals surface area contributed by atoms with E-state index in [1.165, 1.54) is 12.1 Å². The van der Waals surface area contributed by atoms with Crippen LogP contribution in [0, 0.1) is 24.0 Å². The number of non-ortho nitro benzene ring substituents is 1. The van der Waals surface area contributed by atoms with E-state index in [1.807, 2.05) is 32.0 Å². The second-order valence-corrected chi connectivity index (χ2v) is 5.66. The number of nitro benzene ring substituents is 1. The van der Waals surface area contributed by atoms with Crippen LogP contribution in [-0.4, -0.2) is 28.3 Å². The summed E-state index contributed by atoms with van der Waals surface area (Å²) in [7, 11) is 0.